The van der Waals surface area contributed by atoms with Gasteiger partial charge in [-0.3, -0.25) is 0 Å². The molecule has 6 heteroatoms. The molecule has 126 valence electrons. The van der Waals surface area contributed by atoms with Crippen LogP contribution in [-0.2, 0) is 6.18 Å². The van der Waals surface area contributed by atoms with Crippen LogP contribution in [0.5, 0.6) is 0 Å². The van der Waals surface area contributed by atoms with Crippen LogP contribution in [0.25, 0.3) is 0 Å². The third kappa shape index (κ3) is 5.94. The zero-order valence-corrected chi connectivity index (χ0v) is 13.5. The first-order valence-electron chi connectivity index (χ1n) is 7.34. The van der Waals surface area contributed by atoms with Crippen molar-refractivity contribution in [2.75, 3.05) is 27.2 Å². The molecule has 0 bridgehead atoms. The van der Waals surface area contributed by atoms with Crippen LogP contribution in [-0.4, -0.2) is 43.3 Å². The van der Waals surface area contributed by atoms with Crippen molar-refractivity contribution >= 4 is 0 Å². The number of aliphatic hydroxyl groups excluding tert-OH is 1. The summed E-state index contributed by atoms with van der Waals surface area (Å²) in [6, 6.07) is 5.10. The van der Waals surface area contributed by atoms with E-state index >= 15 is 0 Å². The van der Waals surface area contributed by atoms with Gasteiger partial charge in [-0.25, -0.2) is 0 Å². The quantitative estimate of drug-likeness (QED) is 0.811. The summed E-state index contributed by atoms with van der Waals surface area (Å²) in [6.07, 6.45) is -4.84. The van der Waals surface area contributed by atoms with Crippen LogP contribution >= 0.6 is 0 Å². The number of likely N-dealkylation sites (N-methyl/N-ethyl adjacent to an activating group) is 1. The van der Waals surface area contributed by atoms with Gasteiger partial charge in [0, 0.05) is 19.1 Å². The Hall–Kier alpha value is -1.11. The first-order chi connectivity index (χ1) is 10.1. The summed E-state index contributed by atoms with van der Waals surface area (Å²) in [6.45, 7) is 4.91. The van der Waals surface area contributed by atoms with Gasteiger partial charge in [0.05, 0.1) is 11.7 Å². The molecule has 0 aromatic heterocycles. The van der Waals surface area contributed by atoms with E-state index in [1.54, 1.807) is 0 Å². The molecular weight excluding hydrogens is 293 g/mol. The molecule has 0 saturated heterocycles. The molecule has 0 aliphatic carbocycles. The van der Waals surface area contributed by atoms with E-state index in [1.807, 2.05) is 32.8 Å². The molecule has 22 heavy (non-hydrogen) atoms. The predicted octanol–water partition coefficient (Wildman–Crippen LogP) is 2.91. The number of hydrogen-bond donors (Lipinski definition) is 2. The van der Waals surface area contributed by atoms with Crippen LogP contribution in [0, 0.1) is 5.92 Å². The third-order valence-corrected chi connectivity index (χ3v) is 3.41. The lowest BCUT2D eigenvalue weighted by Crippen LogP contribution is -2.38. The van der Waals surface area contributed by atoms with Crippen molar-refractivity contribution in [3.63, 3.8) is 0 Å². The first kappa shape index (κ1) is 18.9. The Morgan fingerprint density at radius 1 is 1.14 bits per heavy atom. The molecule has 2 atom stereocenters. The molecule has 0 amide bonds. The van der Waals surface area contributed by atoms with Crippen molar-refractivity contribution in [2.45, 2.75) is 32.2 Å². The lowest BCUT2D eigenvalue weighted by atomic mass is 9.95. The highest BCUT2D eigenvalue weighted by molar-refractivity contribution is 5.27. The number of alkyl halides is 3. The Balaban J connectivity index is 2.75. The predicted molar refractivity (Wildman–Crippen MR) is 81.6 cm³/mol. The molecule has 0 spiro atoms. The van der Waals surface area contributed by atoms with Crippen molar-refractivity contribution in [2.24, 2.45) is 5.92 Å². The molecule has 0 aliphatic rings. The topological polar surface area (TPSA) is 35.5 Å². The van der Waals surface area contributed by atoms with E-state index in [4.69, 9.17) is 0 Å². The van der Waals surface area contributed by atoms with Gasteiger partial charge in [0.25, 0.3) is 0 Å². The molecule has 0 fully saturated rings. The van der Waals surface area contributed by atoms with Gasteiger partial charge in [-0.2, -0.15) is 13.2 Å². The summed E-state index contributed by atoms with van der Waals surface area (Å²) in [5.74, 6) is 0.197. The zero-order chi connectivity index (χ0) is 16.9. The van der Waals surface area contributed by atoms with Crippen LogP contribution in [0.15, 0.2) is 24.3 Å². The molecule has 0 saturated carbocycles. The summed E-state index contributed by atoms with van der Waals surface area (Å²) in [4.78, 5) is 1.88. The van der Waals surface area contributed by atoms with Crippen LogP contribution in [0.2, 0.25) is 0 Å². The minimum atomic E-state index is -4.32. The first-order valence-corrected chi connectivity index (χ1v) is 7.34. The zero-order valence-electron chi connectivity index (χ0n) is 13.5. The number of rotatable bonds is 7. The highest BCUT2D eigenvalue weighted by Crippen LogP contribution is 2.31. The van der Waals surface area contributed by atoms with E-state index in [0.29, 0.717) is 13.1 Å². The van der Waals surface area contributed by atoms with Gasteiger partial charge in [-0.15, -0.1) is 0 Å². The average Bonchev–Trinajstić information content (AvgIpc) is 2.37. The molecule has 3 nitrogen and oxygen atoms in total. The Kier molecular flexibility index (Phi) is 6.84. The summed E-state index contributed by atoms with van der Waals surface area (Å²) in [5.41, 5.74) is 0.145. The molecule has 1 aromatic rings. The van der Waals surface area contributed by atoms with Gasteiger partial charge in [0.1, 0.15) is 0 Å². The molecular formula is C16H25F3N2O. The minimum absolute atomic E-state index is 0.0981. The Labute approximate surface area is 130 Å². The van der Waals surface area contributed by atoms with Gasteiger partial charge in [-0.05, 0) is 37.7 Å². The fourth-order valence-corrected chi connectivity index (χ4v) is 2.37. The fraction of sp³-hybridized carbons (Fsp3) is 0.625. The van der Waals surface area contributed by atoms with Crippen molar-refractivity contribution in [1.82, 2.24) is 10.2 Å². The summed E-state index contributed by atoms with van der Waals surface area (Å²) >= 11 is 0. The second kappa shape index (κ2) is 7.94. The summed E-state index contributed by atoms with van der Waals surface area (Å²) in [5, 5.41) is 13.1. The molecule has 1 rings (SSSR count). The van der Waals surface area contributed by atoms with Gasteiger partial charge < -0.3 is 15.3 Å². The maximum Gasteiger partial charge on any atom is 0.416 e. The van der Waals surface area contributed by atoms with Crippen LogP contribution in [0.3, 0.4) is 0 Å². The number of hydrogen-bond acceptors (Lipinski definition) is 3. The number of aliphatic hydroxyl groups is 1. The minimum Gasteiger partial charge on any atom is -0.390 e. The second-order valence-electron chi connectivity index (χ2n) is 6.17. The average molecular weight is 318 g/mol. The number of benzene rings is 1. The van der Waals surface area contributed by atoms with Crippen molar-refractivity contribution in [3.8, 4) is 0 Å². The third-order valence-electron chi connectivity index (χ3n) is 3.41. The molecule has 2 N–H and O–H groups in total. The number of nitrogens with one attached hydrogen (secondary N) is 1. The SMILES string of the molecule is CC(C)C(NCC(O)CN(C)C)c1ccc(C(F)(F)F)cc1. The largest absolute Gasteiger partial charge is 0.416 e. The lowest BCUT2D eigenvalue weighted by molar-refractivity contribution is -0.137. The van der Waals surface area contributed by atoms with E-state index in [-0.39, 0.29) is 12.0 Å². The maximum absolute atomic E-state index is 12.6. The van der Waals surface area contributed by atoms with E-state index in [2.05, 4.69) is 5.32 Å². The van der Waals surface area contributed by atoms with E-state index in [9.17, 15) is 18.3 Å². The van der Waals surface area contributed by atoms with E-state index < -0.39 is 17.8 Å². The molecule has 0 aliphatic heterocycles. The molecule has 0 radical (unpaired) electrons. The summed E-state index contributed by atoms with van der Waals surface area (Å²) < 4.78 is 37.8. The van der Waals surface area contributed by atoms with Crippen molar-refractivity contribution < 1.29 is 18.3 Å². The monoisotopic (exact) mass is 318 g/mol. The molecule has 1 aromatic carbocycles. The summed E-state index contributed by atoms with van der Waals surface area (Å²) in [7, 11) is 3.75. The standard InChI is InChI=1S/C16H25F3N2O/c1-11(2)15(20-9-14(22)10-21(3)4)12-5-7-13(8-6-12)16(17,18)19/h5-8,11,14-15,20,22H,9-10H2,1-4H3. The maximum atomic E-state index is 12.6. The Morgan fingerprint density at radius 3 is 2.09 bits per heavy atom. The highest BCUT2D eigenvalue weighted by Gasteiger charge is 2.30. The van der Waals surface area contributed by atoms with E-state index in [1.165, 1.54) is 12.1 Å². The fourth-order valence-electron chi connectivity index (χ4n) is 2.37. The van der Waals surface area contributed by atoms with Gasteiger partial charge >= 0.3 is 6.18 Å². The molecule has 2 unspecified atom stereocenters. The van der Waals surface area contributed by atoms with Gasteiger partial charge in [0.15, 0.2) is 0 Å². The smallest absolute Gasteiger partial charge is 0.390 e. The van der Waals surface area contributed by atoms with Gasteiger partial charge in [-0.1, -0.05) is 26.0 Å². The van der Waals surface area contributed by atoms with Crippen LogP contribution in [0.1, 0.15) is 31.0 Å². The van der Waals surface area contributed by atoms with Crippen molar-refractivity contribution in [3.05, 3.63) is 35.4 Å². The van der Waals surface area contributed by atoms with Gasteiger partial charge in [0.2, 0.25) is 0 Å². The lowest BCUT2D eigenvalue weighted by Gasteiger charge is -2.25. The number of nitrogens with zero attached hydrogens (tertiary/aromatic N) is 1. The molecule has 0 heterocycles. The second-order valence-corrected chi connectivity index (χ2v) is 6.17. The Morgan fingerprint density at radius 2 is 1.68 bits per heavy atom. The van der Waals surface area contributed by atoms with Crippen molar-refractivity contribution in [1.29, 1.82) is 0 Å². The van der Waals surface area contributed by atoms with E-state index in [0.717, 1.165) is 17.7 Å². The van der Waals surface area contributed by atoms with Crippen LogP contribution in [0.4, 0.5) is 13.2 Å². The Bertz CT molecular complexity index is 444. The normalized spacial score (nSPS) is 15.4. The van der Waals surface area contributed by atoms with Crippen LogP contribution < -0.4 is 5.32 Å². The highest BCUT2D eigenvalue weighted by atomic mass is 19.4. The number of halogens is 3.